The molecule has 2 rings (SSSR count). The zero-order chi connectivity index (χ0) is 15.2. The number of carbonyl (C=O) groups excluding carboxylic acids is 1. The van der Waals surface area contributed by atoms with E-state index in [-0.39, 0.29) is 11.8 Å². The highest BCUT2D eigenvalue weighted by Gasteiger charge is 2.27. The van der Waals surface area contributed by atoms with Gasteiger partial charge in [0, 0.05) is 43.4 Å². The number of hydrogen-bond donors (Lipinski definition) is 2. The molecule has 1 fully saturated rings. The lowest BCUT2D eigenvalue weighted by Gasteiger charge is -2.22. The molecule has 1 aliphatic heterocycles. The van der Waals surface area contributed by atoms with Crippen LogP contribution in [0.2, 0.25) is 0 Å². The van der Waals surface area contributed by atoms with Gasteiger partial charge in [-0.1, -0.05) is 22.0 Å². The third-order valence-electron chi connectivity index (χ3n) is 3.78. The number of nitrogens with zero attached hydrogens (tertiary/aromatic N) is 1. The van der Waals surface area contributed by atoms with Crippen LogP contribution in [0.5, 0.6) is 0 Å². The van der Waals surface area contributed by atoms with Crippen LogP contribution in [0.4, 0.5) is 5.69 Å². The fourth-order valence-electron chi connectivity index (χ4n) is 2.59. The number of halogens is 1. The third-order valence-corrected chi connectivity index (χ3v) is 4.27. The van der Waals surface area contributed by atoms with E-state index in [1.165, 1.54) is 5.56 Å². The minimum atomic E-state index is -0.202. The molecule has 0 radical (unpaired) electrons. The van der Waals surface area contributed by atoms with E-state index in [0.29, 0.717) is 13.2 Å². The maximum absolute atomic E-state index is 11.3. The number of primary amides is 1. The summed E-state index contributed by atoms with van der Waals surface area (Å²) in [4.78, 5) is 13.6. The van der Waals surface area contributed by atoms with Crippen LogP contribution in [-0.2, 0) is 16.1 Å². The summed E-state index contributed by atoms with van der Waals surface area (Å²) in [6.07, 6.45) is 0.832. The third kappa shape index (κ3) is 4.43. The van der Waals surface area contributed by atoms with Crippen molar-refractivity contribution < 1.29 is 9.53 Å². The predicted molar refractivity (Wildman–Crippen MR) is 87.2 cm³/mol. The molecule has 0 aromatic heterocycles. The highest BCUT2D eigenvalue weighted by atomic mass is 79.9. The Kier molecular flexibility index (Phi) is 6.02. The van der Waals surface area contributed by atoms with E-state index >= 15 is 0 Å². The highest BCUT2D eigenvalue weighted by molar-refractivity contribution is 9.10. The average molecular weight is 356 g/mol. The Labute approximate surface area is 134 Å². The number of hydrogen-bond acceptors (Lipinski definition) is 4. The summed E-state index contributed by atoms with van der Waals surface area (Å²) in [5.41, 5.74) is 7.80. The van der Waals surface area contributed by atoms with E-state index in [0.717, 1.165) is 36.2 Å². The molecular formula is C15H22BrN3O2. The maximum Gasteiger partial charge on any atom is 0.222 e. The van der Waals surface area contributed by atoms with Crippen molar-refractivity contribution in [1.29, 1.82) is 0 Å². The number of benzene rings is 1. The van der Waals surface area contributed by atoms with Crippen LogP contribution in [0.3, 0.4) is 0 Å². The zero-order valence-corrected chi connectivity index (χ0v) is 13.9. The Bertz CT molecular complexity index is 496. The summed E-state index contributed by atoms with van der Waals surface area (Å²) in [7, 11) is 1.70. The predicted octanol–water partition coefficient (Wildman–Crippen LogP) is 1.50. The molecule has 5 nitrogen and oxygen atoms in total. The first-order valence-electron chi connectivity index (χ1n) is 7.14. The zero-order valence-electron chi connectivity index (χ0n) is 12.3. The summed E-state index contributed by atoms with van der Waals surface area (Å²) >= 11 is 3.52. The van der Waals surface area contributed by atoms with Gasteiger partial charge in [-0.3, -0.25) is 4.79 Å². The fourth-order valence-corrected chi connectivity index (χ4v) is 2.94. The van der Waals surface area contributed by atoms with Crippen LogP contribution in [-0.4, -0.2) is 39.3 Å². The maximum atomic E-state index is 11.3. The molecule has 6 heteroatoms. The molecule has 1 aromatic carbocycles. The largest absolute Gasteiger partial charge is 0.383 e. The van der Waals surface area contributed by atoms with E-state index in [1.54, 1.807) is 7.11 Å². The molecule has 1 amide bonds. The first-order valence-corrected chi connectivity index (χ1v) is 7.93. The lowest BCUT2D eigenvalue weighted by Crippen LogP contribution is -2.28. The Hall–Kier alpha value is -1.11. The van der Waals surface area contributed by atoms with Crippen LogP contribution < -0.4 is 16.0 Å². The van der Waals surface area contributed by atoms with Crippen molar-refractivity contribution in [3.63, 3.8) is 0 Å². The van der Waals surface area contributed by atoms with Gasteiger partial charge in [-0.05, 0) is 24.1 Å². The highest BCUT2D eigenvalue weighted by Crippen LogP contribution is 2.29. The molecule has 1 saturated heterocycles. The number of nitrogens with one attached hydrogen (secondary N) is 1. The Morgan fingerprint density at radius 1 is 1.57 bits per heavy atom. The summed E-state index contributed by atoms with van der Waals surface area (Å²) in [6, 6.07) is 6.26. The second-order valence-electron chi connectivity index (χ2n) is 5.28. The number of amides is 1. The average Bonchev–Trinajstić information content (AvgIpc) is 2.94. The quantitative estimate of drug-likeness (QED) is 0.727. The molecular weight excluding hydrogens is 334 g/mol. The van der Waals surface area contributed by atoms with Gasteiger partial charge in [-0.25, -0.2) is 0 Å². The van der Waals surface area contributed by atoms with Gasteiger partial charge < -0.3 is 20.7 Å². The van der Waals surface area contributed by atoms with Crippen molar-refractivity contribution in [3.8, 4) is 0 Å². The van der Waals surface area contributed by atoms with E-state index in [9.17, 15) is 4.79 Å². The molecule has 1 aromatic rings. The topological polar surface area (TPSA) is 67.6 Å². The normalized spacial score (nSPS) is 18.2. The van der Waals surface area contributed by atoms with Gasteiger partial charge in [0.15, 0.2) is 0 Å². The van der Waals surface area contributed by atoms with Crippen LogP contribution >= 0.6 is 15.9 Å². The van der Waals surface area contributed by atoms with Gasteiger partial charge in [-0.2, -0.15) is 0 Å². The second kappa shape index (κ2) is 7.77. The Morgan fingerprint density at radius 3 is 3.05 bits per heavy atom. The number of carbonyl (C=O) groups is 1. The fraction of sp³-hybridized carbons (Fsp3) is 0.533. The number of anilines is 1. The van der Waals surface area contributed by atoms with Crippen LogP contribution in [0, 0.1) is 5.92 Å². The molecule has 21 heavy (non-hydrogen) atoms. The van der Waals surface area contributed by atoms with Crippen molar-refractivity contribution in [2.24, 2.45) is 11.7 Å². The van der Waals surface area contributed by atoms with Gasteiger partial charge in [0.25, 0.3) is 0 Å². The van der Waals surface area contributed by atoms with Crippen molar-refractivity contribution in [2.75, 3.05) is 38.3 Å². The van der Waals surface area contributed by atoms with Crippen molar-refractivity contribution in [3.05, 3.63) is 28.2 Å². The van der Waals surface area contributed by atoms with Crippen LogP contribution in [0.15, 0.2) is 22.7 Å². The molecule has 1 atom stereocenters. The number of methoxy groups -OCH3 is 1. The first kappa shape index (κ1) is 16.3. The second-order valence-corrected chi connectivity index (χ2v) is 6.19. The Morgan fingerprint density at radius 2 is 2.38 bits per heavy atom. The summed E-state index contributed by atoms with van der Waals surface area (Å²) in [5.74, 6) is -0.245. The summed E-state index contributed by atoms with van der Waals surface area (Å²) in [5, 5.41) is 3.36. The first-order chi connectivity index (χ1) is 10.1. The molecule has 0 bridgehead atoms. The molecule has 0 aliphatic carbocycles. The molecule has 0 spiro atoms. The van der Waals surface area contributed by atoms with E-state index in [2.05, 4.69) is 38.3 Å². The minimum Gasteiger partial charge on any atom is -0.383 e. The smallest absolute Gasteiger partial charge is 0.222 e. The standard InChI is InChI=1S/C15H22BrN3O2/c1-21-7-5-18-9-11-2-3-13(16)8-14(11)19-6-4-12(10-19)15(17)20/h2-3,8,12,18H,4-7,9-10H2,1H3,(H2,17,20). The van der Waals surface area contributed by atoms with Crippen molar-refractivity contribution >= 4 is 27.5 Å². The van der Waals surface area contributed by atoms with E-state index in [4.69, 9.17) is 10.5 Å². The van der Waals surface area contributed by atoms with Gasteiger partial charge >= 0.3 is 0 Å². The molecule has 0 saturated carbocycles. The number of nitrogens with two attached hydrogens (primary N) is 1. The monoisotopic (exact) mass is 355 g/mol. The van der Waals surface area contributed by atoms with E-state index < -0.39 is 0 Å². The van der Waals surface area contributed by atoms with E-state index in [1.807, 2.05) is 6.07 Å². The van der Waals surface area contributed by atoms with Gasteiger partial charge in [0.05, 0.1) is 12.5 Å². The SMILES string of the molecule is COCCNCc1ccc(Br)cc1N1CCC(C(N)=O)C1. The van der Waals surface area contributed by atoms with Gasteiger partial charge in [-0.15, -0.1) is 0 Å². The minimum absolute atomic E-state index is 0.0433. The molecule has 1 unspecified atom stereocenters. The lowest BCUT2D eigenvalue weighted by molar-refractivity contribution is -0.121. The molecule has 1 heterocycles. The molecule has 3 N–H and O–H groups in total. The number of ether oxygens (including phenoxy) is 1. The summed E-state index contributed by atoms with van der Waals surface area (Å²) < 4.78 is 6.08. The molecule has 116 valence electrons. The van der Waals surface area contributed by atoms with Gasteiger partial charge in [0.2, 0.25) is 5.91 Å². The van der Waals surface area contributed by atoms with Crippen LogP contribution in [0.25, 0.3) is 0 Å². The van der Waals surface area contributed by atoms with Gasteiger partial charge in [0.1, 0.15) is 0 Å². The van der Waals surface area contributed by atoms with Crippen molar-refractivity contribution in [2.45, 2.75) is 13.0 Å². The summed E-state index contributed by atoms with van der Waals surface area (Å²) in [6.45, 7) is 3.87. The Balaban J connectivity index is 2.07. The molecule has 1 aliphatic rings. The van der Waals surface area contributed by atoms with Crippen LogP contribution in [0.1, 0.15) is 12.0 Å². The number of rotatable bonds is 7. The van der Waals surface area contributed by atoms with Crippen molar-refractivity contribution in [1.82, 2.24) is 5.32 Å². The lowest BCUT2D eigenvalue weighted by atomic mass is 10.1.